The standard InChI is InChI=1S/C11H15NO2/c1-9(13)7-8-11(12-14)10-5-3-2-4-6-10/h2-6,9,13-14H,7-8H2,1H3. The number of aliphatic hydroxyl groups is 1. The van der Waals surface area contributed by atoms with Crippen LogP contribution in [0.3, 0.4) is 0 Å². The van der Waals surface area contributed by atoms with Gasteiger partial charge in [-0.05, 0) is 25.3 Å². The quantitative estimate of drug-likeness (QED) is 0.436. The van der Waals surface area contributed by atoms with Crippen LogP contribution < -0.4 is 0 Å². The van der Waals surface area contributed by atoms with E-state index in [-0.39, 0.29) is 6.10 Å². The molecule has 0 heterocycles. The summed E-state index contributed by atoms with van der Waals surface area (Å²) in [5.41, 5.74) is 1.52. The average molecular weight is 193 g/mol. The molecule has 0 radical (unpaired) electrons. The minimum absolute atomic E-state index is 0.365. The summed E-state index contributed by atoms with van der Waals surface area (Å²) in [5, 5.41) is 21.1. The maximum absolute atomic E-state index is 9.11. The van der Waals surface area contributed by atoms with Gasteiger partial charge in [0.1, 0.15) is 0 Å². The molecule has 0 saturated heterocycles. The van der Waals surface area contributed by atoms with Gasteiger partial charge in [0, 0.05) is 0 Å². The van der Waals surface area contributed by atoms with Crippen molar-refractivity contribution in [2.75, 3.05) is 0 Å². The van der Waals surface area contributed by atoms with Gasteiger partial charge in [0.25, 0.3) is 0 Å². The molecular weight excluding hydrogens is 178 g/mol. The molecule has 0 amide bonds. The van der Waals surface area contributed by atoms with Gasteiger partial charge in [-0.25, -0.2) is 0 Å². The van der Waals surface area contributed by atoms with Gasteiger partial charge in [-0.15, -0.1) is 0 Å². The minimum atomic E-state index is -0.365. The number of hydrogen-bond donors (Lipinski definition) is 2. The van der Waals surface area contributed by atoms with E-state index in [0.717, 1.165) is 5.56 Å². The Balaban J connectivity index is 2.65. The van der Waals surface area contributed by atoms with E-state index in [0.29, 0.717) is 18.6 Å². The third-order valence-electron chi connectivity index (χ3n) is 2.03. The molecule has 0 fully saturated rings. The third kappa shape index (κ3) is 3.18. The number of benzene rings is 1. The van der Waals surface area contributed by atoms with Crippen LogP contribution in [0.15, 0.2) is 35.5 Å². The summed E-state index contributed by atoms with van der Waals surface area (Å²) < 4.78 is 0. The zero-order chi connectivity index (χ0) is 10.4. The Hall–Kier alpha value is -1.35. The molecule has 0 spiro atoms. The highest BCUT2D eigenvalue weighted by molar-refractivity contribution is 6.00. The summed E-state index contributed by atoms with van der Waals surface area (Å²) in [6.07, 6.45) is 0.822. The molecule has 76 valence electrons. The molecule has 2 N–H and O–H groups in total. The van der Waals surface area contributed by atoms with Crippen LogP contribution in [0.1, 0.15) is 25.3 Å². The molecular formula is C11H15NO2. The number of rotatable bonds is 4. The Morgan fingerprint density at radius 1 is 1.36 bits per heavy atom. The lowest BCUT2D eigenvalue weighted by atomic mass is 10.0. The van der Waals surface area contributed by atoms with E-state index in [1.165, 1.54) is 0 Å². The Morgan fingerprint density at radius 3 is 2.50 bits per heavy atom. The predicted molar refractivity (Wildman–Crippen MR) is 55.7 cm³/mol. The number of oxime groups is 1. The molecule has 1 rings (SSSR count). The Morgan fingerprint density at radius 2 is 2.00 bits per heavy atom. The number of nitrogens with zero attached hydrogens (tertiary/aromatic N) is 1. The second kappa shape index (κ2) is 5.40. The van der Waals surface area contributed by atoms with Gasteiger partial charge in [-0.2, -0.15) is 0 Å². The molecule has 1 aromatic carbocycles. The first-order valence-electron chi connectivity index (χ1n) is 4.68. The van der Waals surface area contributed by atoms with Crippen molar-refractivity contribution in [3.63, 3.8) is 0 Å². The summed E-state index contributed by atoms with van der Waals surface area (Å²) in [5.74, 6) is 0. The lowest BCUT2D eigenvalue weighted by Gasteiger charge is -2.05. The zero-order valence-electron chi connectivity index (χ0n) is 8.22. The number of aliphatic hydroxyl groups excluding tert-OH is 1. The van der Waals surface area contributed by atoms with E-state index in [1.54, 1.807) is 6.92 Å². The fourth-order valence-electron chi connectivity index (χ4n) is 1.23. The minimum Gasteiger partial charge on any atom is -0.411 e. The summed E-state index contributed by atoms with van der Waals surface area (Å²) in [4.78, 5) is 0. The van der Waals surface area contributed by atoms with Crippen molar-refractivity contribution in [2.24, 2.45) is 5.16 Å². The fraction of sp³-hybridized carbons (Fsp3) is 0.364. The van der Waals surface area contributed by atoms with Gasteiger partial charge in [0.05, 0.1) is 11.8 Å². The normalized spacial score (nSPS) is 14.0. The largest absolute Gasteiger partial charge is 0.411 e. The van der Waals surface area contributed by atoms with Gasteiger partial charge < -0.3 is 10.3 Å². The summed E-state index contributed by atoms with van der Waals surface area (Å²) in [6, 6.07) is 9.47. The van der Waals surface area contributed by atoms with Gasteiger partial charge >= 0.3 is 0 Å². The molecule has 3 nitrogen and oxygen atoms in total. The van der Waals surface area contributed by atoms with E-state index in [9.17, 15) is 0 Å². The van der Waals surface area contributed by atoms with Crippen LogP contribution in [0.25, 0.3) is 0 Å². The second-order valence-corrected chi connectivity index (χ2v) is 3.30. The Bertz CT molecular complexity index is 293. The van der Waals surface area contributed by atoms with Gasteiger partial charge in [0.15, 0.2) is 0 Å². The Kier molecular flexibility index (Phi) is 4.13. The van der Waals surface area contributed by atoms with Crippen LogP contribution in [-0.2, 0) is 0 Å². The van der Waals surface area contributed by atoms with E-state index in [2.05, 4.69) is 5.16 Å². The van der Waals surface area contributed by atoms with Crippen molar-refractivity contribution in [3.05, 3.63) is 35.9 Å². The van der Waals surface area contributed by atoms with Crippen molar-refractivity contribution in [1.82, 2.24) is 0 Å². The van der Waals surface area contributed by atoms with Crippen molar-refractivity contribution >= 4 is 5.71 Å². The van der Waals surface area contributed by atoms with E-state index < -0.39 is 0 Å². The summed E-state index contributed by atoms with van der Waals surface area (Å²) in [6.45, 7) is 1.72. The second-order valence-electron chi connectivity index (χ2n) is 3.30. The SMILES string of the molecule is CC(O)CCC(=NO)c1ccccc1. The van der Waals surface area contributed by atoms with Crippen molar-refractivity contribution in [2.45, 2.75) is 25.9 Å². The molecule has 0 aliphatic heterocycles. The maximum atomic E-state index is 9.11. The fourth-order valence-corrected chi connectivity index (χ4v) is 1.23. The molecule has 0 aliphatic rings. The maximum Gasteiger partial charge on any atom is 0.0868 e. The molecule has 0 bridgehead atoms. The number of hydrogen-bond acceptors (Lipinski definition) is 3. The van der Waals surface area contributed by atoms with Crippen molar-refractivity contribution in [3.8, 4) is 0 Å². The van der Waals surface area contributed by atoms with Crippen LogP contribution in [0, 0.1) is 0 Å². The van der Waals surface area contributed by atoms with Gasteiger partial charge in [-0.1, -0.05) is 35.5 Å². The molecule has 1 unspecified atom stereocenters. The van der Waals surface area contributed by atoms with Crippen LogP contribution in [0.2, 0.25) is 0 Å². The first-order chi connectivity index (χ1) is 6.74. The van der Waals surface area contributed by atoms with E-state index >= 15 is 0 Å². The highest BCUT2D eigenvalue weighted by Crippen LogP contribution is 2.07. The van der Waals surface area contributed by atoms with Crippen LogP contribution >= 0.6 is 0 Å². The van der Waals surface area contributed by atoms with Crippen LogP contribution in [-0.4, -0.2) is 22.1 Å². The molecule has 0 saturated carbocycles. The molecule has 14 heavy (non-hydrogen) atoms. The van der Waals surface area contributed by atoms with Crippen LogP contribution in [0.4, 0.5) is 0 Å². The first-order valence-corrected chi connectivity index (χ1v) is 4.68. The topological polar surface area (TPSA) is 52.8 Å². The Labute approximate surface area is 83.7 Å². The summed E-state index contributed by atoms with van der Waals surface area (Å²) in [7, 11) is 0. The van der Waals surface area contributed by atoms with Crippen LogP contribution in [0.5, 0.6) is 0 Å². The van der Waals surface area contributed by atoms with E-state index in [4.69, 9.17) is 10.3 Å². The van der Waals surface area contributed by atoms with Gasteiger partial charge in [-0.3, -0.25) is 0 Å². The molecule has 0 aromatic heterocycles. The molecule has 1 aromatic rings. The van der Waals surface area contributed by atoms with Crippen molar-refractivity contribution in [1.29, 1.82) is 0 Å². The third-order valence-corrected chi connectivity index (χ3v) is 2.03. The highest BCUT2D eigenvalue weighted by Gasteiger charge is 2.05. The first kappa shape index (κ1) is 10.7. The van der Waals surface area contributed by atoms with E-state index in [1.807, 2.05) is 30.3 Å². The lowest BCUT2D eigenvalue weighted by Crippen LogP contribution is -2.06. The predicted octanol–water partition coefficient (Wildman–Crippen LogP) is 2.03. The zero-order valence-corrected chi connectivity index (χ0v) is 8.22. The smallest absolute Gasteiger partial charge is 0.0868 e. The molecule has 3 heteroatoms. The average Bonchev–Trinajstić information content (AvgIpc) is 2.20. The van der Waals surface area contributed by atoms with Crippen molar-refractivity contribution < 1.29 is 10.3 Å². The van der Waals surface area contributed by atoms with Gasteiger partial charge in [0.2, 0.25) is 0 Å². The molecule has 0 aliphatic carbocycles. The lowest BCUT2D eigenvalue weighted by molar-refractivity contribution is 0.187. The summed E-state index contributed by atoms with van der Waals surface area (Å²) >= 11 is 0. The monoisotopic (exact) mass is 193 g/mol. The highest BCUT2D eigenvalue weighted by atomic mass is 16.4. The molecule has 1 atom stereocenters.